The van der Waals surface area contributed by atoms with E-state index < -0.39 is 0 Å². The zero-order valence-electron chi connectivity index (χ0n) is 24.2. The van der Waals surface area contributed by atoms with Crippen LogP contribution >= 0.6 is 0 Å². The Balaban J connectivity index is 1.46. The molecule has 0 heteroatoms. The predicted octanol–water partition coefficient (Wildman–Crippen LogP) is 12.5. The van der Waals surface area contributed by atoms with E-state index in [0.717, 1.165) is 0 Å². The fourth-order valence-corrected chi connectivity index (χ4v) is 7.25. The Bertz CT molecular complexity index is 2520. The topological polar surface area (TPSA) is 0 Å². The summed E-state index contributed by atoms with van der Waals surface area (Å²) in [4.78, 5) is 0. The molecule has 0 aliphatic carbocycles. The summed E-state index contributed by atoms with van der Waals surface area (Å²) in [6.07, 6.45) is 0. The van der Waals surface area contributed by atoms with Gasteiger partial charge in [0.2, 0.25) is 0 Å². The second-order valence-electron chi connectivity index (χ2n) is 11.6. The minimum absolute atomic E-state index is 1.23. The molecular weight excluding hydrogens is 528 g/mol. The van der Waals surface area contributed by atoms with Gasteiger partial charge in [-0.25, -0.2) is 0 Å². The smallest absolute Gasteiger partial charge is 0.00137 e. The highest BCUT2D eigenvalue weighted by molar-refractivity contribution is 6.39. The molecule has 0 aromatic heterocycles. The van der Waals surface area contributed by atoms with Crippen LogP contribution in [0.5, 0.6) is 0 Å². The van der Waals surface area contributed by atoms with Crippen LogP contribution in [0.1, 0.15) is 0 Å². The SMILES string of the molecule is c1ccc(-c2ccc3c4ccc(-c5ccccc5-c5ccccc5)cc4c4c5ccccc5c5ccccc5c4c3c2)cc1. The van der Waals surface area contributed by atoms with E-state index in [9.17, 15) is 0 Å². The third kappa shape index (κ3) is 3.78. The Kier molecular flexibility index (Phi) is 5.61. The maximum atomic E-state index is 2.44. The molecule has 204 valence electrons. The molecule has 0 N–H and O–H groups in total. The van der Waals surface area contributed by atoms with E-state index in [0.29, 0.717) is 0 Å². The molecule has 0 atom stereocenters. The van der Waals surface area contributed by atoms with Gasteiger partial charge in [0, 0.05) is 0 Å². The zero-order valence-corrected chi connectivity index (χ0v) is 24.2. The van der Waals surface area contributed by atoms with Gasteiger partial charge in [0.05, 0.1) is 0 Å². The van der Waals surface area contributed by atoms with Crippen molar-refractivity contribution in [2.75, 3.05) is 0 Å². The molecule has 0 fully saturated rings. The number of benzene rings is 9. The van der Waals surface area contributed by atoms with Gasteiger partial charge in [0.15, 0.2) is 0 Å². The van der Waals surface area contributed by atoms with Gasteiger partial charge in [-0.3, -0.25) is 0 Å². The zero-order chi connectivity index (χ0) is 29.0. The molecule has 0 aliphatic heterocycles. The molecule has 0 nitrogen and oxygen atoms in total. The van der Waals surface area contributed by atoms with Crippen LogP contribution < -0.4 is 0 Å². The van der Waals surface area contributed by atoms with Crippen LogP contribution in [-0.2, 0) is 0 Å². The number of fused-ring (bicyclic) bond motifs is 11. The number of hydrogen-bond donors (Lipinski definition) is 0. The average Bonchev–Trinajstić information content (AvgIpc) is 3.11. The van der Waals surface area contributed by atoms with Crippen molar-refractivity contribution in [2.45, 2.75) is 0 Å². The molecule has 0 bridgehead atoms. The van der Waals surface area contributed by atoms with Crippen molar-refractivity contribution in [3.05, 3.63) is 170 Å². The molecule has 0 amide bonds. The highest BCUT2D eigenvalue weighted by Crippen LogP contribution is 2.46. The molecule has 0 spiro atoms. The van der Waals surface area contributed by atoms with E-state index in [1.807, 2.05) is 0 Å². The first-order valence-corrected chi connectivity index (χ1v) is 15.3. The van der Waals surface area contributed by atoms with Gasteiger partial charge < -0.3 is 0 Å². The number of rotatable bonds is 3. The summed E-state index contributed by atoms with van der Waals surface area (Å²) in [5, 5.41) is 13.0. The van der Waals surface area contributed by atoms with Gasteiger partial charge in [-0.2, -0.15) is 0 Å². The van der Waals surface area contributed by atoms with Crippen LogP contribution in [0.4, 0.5) is 0 Å². The summed E-state index contributed by atoms with van der Waals surface area (Å²) in [5.41, 5.74) is 7.44. The molecule has 44 heavy (non-hydrogen) atoms. The first kappa shape index (κ1) is 24.8. The predicted molar refractivity (Wildman–Crippen MR) is 190 cm³/mol. The molecule has 0 unspecified atom stereocenters. The van der Waals surface area contributed by atoms with Crippen LogP contribution in [0.3, 0.4) is 0 Å². The monoisotopic (exact) mass is 556 g/mol. The fourth-order valence-electron chi connectivity index (χ4n) is 7.25. The first-order chi connectivity index (χ1) is 21.8. The lowest BCUT2D eigenvalue weighted by Crippen LogP contribution is -1.90. The second-order valence-corrected chi connectivity index (χ2v) is 11.6. The summed E-state index contributed by atoms with van der Waals surface area (Å²) in [5.74, 6) is 0. The fraction of sp³-hybridized carbons (Fsp3) is 0. The van der Waals surface area contributed by atoms with Crippen LogP contribution in [0.2, 0.25) is 0 Å². The quantitative estimate of drug-likeness (QED) is 0.190. The van der Waals surface area contributed by atoms with Gasteiger partial charge >= 0.3 is 0 Å². The van der Waals surface area contributed by atoms with Crippen molar-refractivity contribution in [1.29, 1.82) is 0 Å². The third-order valence-corrected chi connectivity index (χ3v) is 9.23. The summed E-state index contributed by atoms with van der Waals surface area (Å²) in [6, 6.07) is 62.2. The normalized spacial score (nSPS) is 11.6. The van der Waals surface area contributed by atoms with E-state index in [2.05, 4.69) is 170 Å². The molecule has 9 rings (SSSR count). The van der Waals surface area contributed by atoms with E-state index in [1.165, 1.54) is 87.2 Å². The van der Waals surface area contributed by atoms with Crippen molar-refractivity contribution in [1.82, 2.24) is 0 Å². The van der Waals surface area contributed by atoms with Crippen LogP contribution in [0, 0.1) is 0 Å². The van der Waals surface area contributed by atoms with Crippen LogP contribution in [0.15, 0.2) is 170 Å². The van der Waals surface area contributed by atoms with Crippen LogP contribution in [0.25, 0.3) is 87.2 Å². The Morgan fingerprint density at radius 3 is 1.16 bits per heavy atom. The van der Waals surface area contributed by atoms with Crippen molar-refractivity contribution in [3.63, 3.8) is 0 Å². The third-order valence-electron chi connectivity index (χ3n) is 9.23. The lowest BCUT2D eigenvalue weighted by atomic mass is 9.85. The summed E-state index contributed by atoms with van der Waals surface area (Å²) in [7, 11) is 0. The molecular formula is C44H28. The van der Waals surface area contributed by atoms with E-state index in [4.69, 9.17) is 0 Å². The largest absolute Gasteiger partial charge is 0.0622 e. The van der Waals surface area contributed by atoms with E-state index >= 15 is 0 Å². The van der Waals surface area contributed by atoms with Crippen molar-refractivity contribution in [2.24, 2.45) is 0 Å². The summed E-state index contributed by atoms with van der Waals surface area (Å²) < 4.78 is 0. The highest BCUT2D eigenvalue weighted by Gasteiger charge is 2.17. The molecule has 9 aromatic rings. The van der Waals surface area contributed by atoms with Gasteiger partial charge in [-0.05, 0) is 99.4 Å². The lowest BCUT2D eigenvalue weighted by Gasteiger charge is -2.18. The standard InChI is InChI=1S/C44H28/c1-3-13-29(14-4-1)31-23-25-37-38-26-24-32(34-18-8-7-17-33(34)30-15-5-2-6-16-30)28-42(38)44-40-22-12-10-20-36(40)35-19-9-11-21-39(35)43(44)41(37)27-31/h1-28H. The van der Waals surface area contributed by atoms with Gasteiger partial charge in [0.25, 0.3) is 0 Å². The minimum atomic E-state index is 1.23. The minimum Gasteiger partial charge on any atom is -0.0622 e. The van der Waals surface area contributed by atoms with Crippen molar-refractivity contribution < 1.29 is 0 Å². The number of hydrogen-bond acceptors (Lipinski definition) is 0. The molecule has 0 radical (unpaired) electrons. The van der Waals surface area contributed by atoms with Gasteiger partial charge in [-0.1, -0.05) is 158 Å². The van der Waals surface area contributed by atoms with Gasteiger partial charge in [-0.15, -0.1) is 0 Å². The molecule has 0 saturated carbocycles. The van der Waals surface area contributed by atoms with E-state index in [-0.39, 0.29) is 0 Å². The van der Waals surface area contributed by atoms with Crippen LogP contribution in [-0.4, -0.2) is 0 Å². The molecule has 9 aromatic carbocycles. The molecule has 0 heterocycles. The Morgan fingerprint density at radius 2 is 0.591 bits per heavy atom. The van der Waals surface area contributed by atoms with Crippen molar-refractivity contribution >= 4 is 53.9 Å². The Hall–Kier alpha value is -5.72. The van der Waals surface area contributed by atoms with Gasteiger partial charge in [0.1, 0.15) is 0 Å². The van der Waals surface area contributed by atoms with E-state index in [1.54, 1.807) is 0 Å². The maximum Gasteiger partial charge on any atom is -0.00137 e. The summed E-state index contributed by atoms with van der Waals surface area (Å²) >= 11 is 0. The second kappa shape index (κ2) is 9.93. The molecule has 0 saturated heterocycles. The lowest BCUT2D eigenvalue weighted by molar-refractivity contribution is 1.60. The first-order valence-electron chi connectivity index (χ1n) is 15.3. The van der Waals surface area contributed by atoms with Crippen molar-refractivity contribution in [3.8, 4) is 33.4 Å². The Labute approximate surface area is 256 Å². The Morgan fingerprint density at radius 1 is 0.205 bits per heavy atom. The molecule has 0 aliphatic rings. The average molecular weight is 557 g/mol. The highest BCUT2D eigenvalue weighted by atomic mass is 14.2. The summed E-state index contributed by atoms with van der Waals surface area (Å²) in [6.45, 7) is 0. The maximum absolute atomic E-state index is 2.44.